The Balaban J connectivity index is 1.55. The number of anilines is 1. The van der Waals surface area contributed by atoms with E-state index in [0.29, 0.717) is 6.54 Å². The minimum atomic E-state index is 0.0335. The zero-order valence-electron chi connectivity index (χ0n) is 16.6. The van der Waals surface area contributed by atoms with Crippen LogP contribution in [0.15, 0.2) is 24.3 Å². The first-order valence-electron chi connectivity index (χ1n) is 10.5. The topological polar surface area (TPSA) is 41.6 Å². The number of hydrogen-bond acceptors (Lipinski definition) is 3. The number of unbranched alkanes of at least 4 members (excludes halogenated alkanes) is 9. The minimum absolute atomic E-state index is 0.0335. The minimum Gasteiger partial charge on any atom is -0.494 e. The molecule has 1 atom stereocenters. The number of amides is 1. The fourth-order valence-electron chi connectivity index (χ4n) is 3.34. The predicted molar refractivity (Wildman–Crippen MR) is 108 cm³/mol. The molecule has 4 nitrogen and oxygen atoms in total. The Hall–Kier alpha value is -1.71. The number of nitrogens with zero attached hydrogens (tertiary/aromatic N) is 1. The summed E-state index contributed by atoms with van der Waals surface area (Å²) in [6, 6.07) is 7.99. The largest absolute Gasteiger partial charge is 0.494 e. The number of carbonyl (C=O) groups excluding carboxylic acids is 1. The van der Waals surface area contributed by atoms with Crippen LogP contribution < -0.4 is 15.2 Å². The van der Waals surface area contributed by atoms with Gasteiger partial charge in [-0.25, -0.2) is 0 Å². The van der Waals surface area contributed by atoms with E-state index >= 15 is 0 Å². The number of benzene rings is 1. The summed E-state index contributed by atoms with van der Waals surface area (Å²) in [6.45, 7) is 5.69. The van der Waals surface area contributed by atoms with Crippen molar-refractivity contribution in [2.45, 2.75) is 78.1 Å². The van der Waals surface area contributed by atoms with Crippen LogP contribution >= 0.6 is 0 Å². The van der Waals surface area contributed by atoms with Gasteiger partial charge in [-0.1, -0.05) is 77.7 Å². The lowest BCUT2D eigenvalue weighted by atomic mass is 10.1. The van der Waals surface area contributed by atoms with Crippen LogP contribution in [0.2, 0.25) is 0 Å². The lowest BCUT2D eigenvalue weighted by Gasteiger charge is -2.18. The van der Waals surface area contributed by atoms with Gasteiger partial charge in [-0.05, 0) is 18.6 Å². The quantitative estimate of drug-likeness (QED) is 0.474. The first kappa shape index (κ1) is 20.6. The first-order chi connectivity index (χ1) is 12.7. The van der Waals surface area contributed by atoms with E-state index in [-0.39, 0.29) is 11.8 Å². The van der Waals surface area contributed by atoms with Gasteiger partial charge in [0.2, 0.25) is 5.91 Å². The molecule has 1 aliphatic rings. The number of hydrogen-bond donors (Lipinski definition) is 1. The molecule has 1 N–H and O–H groups in total. The Kier molecular flexibility index (Phi) is 9.36. The third-order valence-corrected chi connectivity index (χ3v) is 5.05. The van der Waals surface area contributed by atoms with Crippen LogP contribution in [0.5, 0.6) is 5.75 Å². The number of ether oxygens (including phenoxy) is 1. The Morgan fingerprint density at radius 1 is 1.04 bits per heavy atom. The van der Waals surface area contributed by atoms with E-state index < -0.39 is 0 Å². The summed E-state index contributed by atoms with van der Waals surface area (Å²) >= 11 is 0. The summed E-state index contributed by atoms with van der Waals surface area (Å²) < 4.78 is 5.89. The average molecular weight is 361 g/mol. The molecule has 1 unspecified atom stereocenters. The second-order valence-electron chi connectivity index (χ2n) is 7.52. The van der Waals surface area contributed by atoms with Crippen molar-refractivity contribution in [3.63, 3.8) is 0 Å². The predicted octanol–water partition coefficient (Wildman–Crippen LogP) is 5.47. The second-order valence-corrected chi connectivity index (χ2v) is 7.52. The highest BCUT2D eigenvalue weighted by molar-refractivity contribution is 5.83. The van der Waals surface area contributed by atoms with Crippen molar-refractivity contribution in [3.8, 4) is 5.75 Å². The number of carbonyl (C=O) groups is 1. The zero-order valence-corrected chi connectivity index (χ0v) is 16.6. The van der Waals surface area contributed by atoms with Gasteiger partial charge >= 0.3 is 0 Å². The van der Waals surface area contributed by atoms with Crippen LogP contribution in [0.3, 0.4) is 0 Å². The summed E-state index contributed by atoms with van der Waals surface area (Å²) in [5.41, 5.74) is 3.89. The van der Waals surface area contributed by atoms with E-state index in [1.54, 1.807) is 0 Å². The van der Waals surface area contributed by atoms with Crippen molar-refractivity contribution in [1.29, 1.82) is 0 Å². The van der Waals surface area contributed by atoms with Crippen molar-refractivity contribution < 1.29 is 9.53 Å². The third-order valence-electron chi connectivity index (χ3n) is 5.05. The monoisotopic (exact) mass is 360 g/mol. The van der Waals surface area contributed by atoms with Gasteiger partial charge in [0.05, 0.1) is 24.8 Å². The van der Waals surface area contributed by atoms with Crippen LogP contribution in [-0.4, -0.2) is 19.1 Å². The molecule has 1 aromatic carbocycles. The average Bonchev–Trinajstić information content (AvgIpc) is 2.99. The molecule has 1 aliphatic heterocycles. The normalized spacial score (nSPS) is 16.8. The third kappa shape index (κ3) is 7.27. The molecule has 1 saturated heterocycles. The van der Waals surface area contributed by atoms with Gasteiger partial charge in [0.25, 0.3) is 0 Å². The molecule has 1 fully saturated rings. The van der Waals surface area contributed by atoms with Gasteiger partial charge in [0.1, 0.15) is 5.75 Å². The van der Waals surface area contributed by atoms with Crippen molar-refractivity contribution >= 4 is 11.6 Å². The van der Waals surface area contributed by atoms with E-state index in [1.807, 2.05) is 36.2 Å². The maximum atomic E-state index is 11.6. The molecule has 26 heavy (non-hydrogen) atoms. The summed E-state index contributed by atoms with van der Waals surface area (Å²) in [7, 11) is 0. The standard InChI is InChI=1S/C22H36N2O2/c1-3-4-5-6-7-8-9-10-11-12-16-26-21-15-13-14-20(17-21)24-18-19(2)22(25)23-24/h13-15,17,19H,3-12,16,18H2,1-2H3,(H,23,25). The van der Waals surface area contributed by atoms with Gasteiger partial charge in [0, 0.05) is 6.07 Å². The summed E-state index contributed by atoms with van der Waals surface area (Å²) in [5, 5.41) is 1.90. The van der Waals surface area contributed by atoms with Crippen LogP contribution in [0.4, 0.5) is 5.69 Å². The van der Waals surface area contributed by atoms with E-state index in [9.17, 15) is 4.79 Å². The molecule has 146 valence electrons. The SMILES string of the molecule is CCCCCCCCCCCCOc1cccc(N2CC(C)C(=O)N2)c1. The second kappa shape index (κ2) is 11.8. The van der Waals surface area contributed by atoms with E-state index in [0.717, 1.165) is 24.5 Å². The van der Waals surface area contributed by atoms with Crippen LogP contribution in [0.1, 0.15) is 78.1 Å². The van der Waals surface area contributed by atoms with Crippen LogP contribution in [0, 0.1) is 5.92 Å². The Bertz CT molecular complexity index is 533. The summed E-state index contributed by atoms with van der Waals surface area (Å²) in [6.07, 6.45) is 13.3. The van der Waals surface area contributed by atoms with E-state index in [2.05, 4.69) is 12.3 Å². The molecule has 1 aromatic rings. The smallest absolute Gasteiger partial charge is 0.243 e. The molecule has 2 rings (SSSR count). The molecular weight excluding hydrogens is 324 g/mol. The summed E-state index contributed by atoms with van der Waals surface area (Å²) in [5.74, 6) is 1.00. The van der Waals surface area contributed by atoms with Gasteiger partial charge in [0.15, 0.2) is 0 Å². The van der Waals surface area contributed by atoms with Gasteiger partial charge in [-0.2, -0.15) is 0 Å². The lowest BCUT2D eigenvalue weighted by molar-refractivity contribution is -0.121. The molecule has 1 heterocycles. The van der Waals surface area contributed by atoms with Crippen molar-refractivity contribution in [3.05, 3.63) is 24.3 Å². The van der Waals surface area contributed by atoms with Crippen LogP contribution in [0.25, 0.3) is 0 Å². The zero-order chi connectivity index (χ0) is 18.6. The highest BCUT2D eigenvalue weighted by Gasteiger charge is 2.26. The molecule has 0 aromatic heterocycles. The maximum absolute atomic E-state index is 11.6. The highest BCUT2D eigenvalue weighted by Crippen LogP contribution is 2.23. The Morgan fingerprint density at radius 3 is 2.31 bits per heavy atom. The van der Waals surface area contributed by atoms with Crippen molar-refractivity contribution in [1.82, 2.24) is 5.43 Å². The number of nitrogens with one attached hydrogen (secondary N) is 1. The number of rotatable bonds is 13. The lowest BCUT2D eigenvalue weighted by Crippen LogP contribution is -2.32. The fraction of sp³-hybridized carbons (Fsp3) is 0.682. The molecule has 4 heteroatoms. The Morgan fingerprint density at radius 2 is 1.69 bits per heavy atom. The number of hydrazine groups is 1. The summed E-state index contributed by atoms with van der Waals surface area (Å²) in [4.78, 5) is 11.6. The molecule has 1 amide bonds. The molecule has 0 radical (unpaired) electrons. The first-order valence-corrected chi connectivity index (χ1v) is 10.5. The van der Waals surface area contributed by atoms with Gasteiger partial charge in [-0.15, -0.1) is 0 Å². The molecular formula is C22H36N2O2. The van der Waals surface area contributed by atoms with Crippen molar-refractivity contribution in [2.24, 2.45) is 5.92 Å². The Labute approximate surface area is 159 Å². The molecule has 0 bridgehead atoms. The van der Waals surface area contributed by atoms with Gasteiger partial charge < -0.3 is 4.74 Å². The molecule has 0 saturated carbocycles. The van der Waals surface area contributed by atoms with Crippen LogP contribution in [-0.2, 0) is 4.79 Å². The van der Waals surface area contributed by atoms with E-state index in [4.69, 9.17) is 4.74 Å². The molecule has 0 spiro atoms. The van der Waals surface area contributed by atoms with E-state index in [1.165, 1.54) is 57.8 Å². The maximum Gasteiger partial charge on any atom is 0.243 e. The van der Waals surface area contributed by atoms with Crippen molar-refractivity contribution in [2.75, 3.05) is 18.2 Å². The van der Waals surface area contributed by atoms with Gasteiger partial charge in [-0.3, -0.25) is 15.2 Å². The fourth-order valence-corrected chi connectivity index (χ4v) is 3.34. The highest BCUT2D eigenvalue weighted by atomic mass is 16.5. The molecule has 0 aliphatic carbocycles.